The third-order valence-corrected chi connectivity index (χ3v) is 9.63. The minimum atomic E-state index is 1.11. The summed E-state index contributed by atoms with van der Waals surface area (Å²) in [7, 11) is 0. The van der Waals surface area contributed by atoms with Crippen LogP contribution in [-0.4, -0.2) is 0 Å². The Hall–Kier alpha value is -6.44. The van der Waals surface area contributed by atoms with Crippen LogP contribution in [0.15, 0.2) is 200 Å². The van der Waals surface area contributed by atoms with Gasteiger partial charge < -0.3 is 4.90 Å². The molecule has 0 N–H and O–H groups in total. The molecule has 0 aliphatic carbocycles. The van der Waals surface area contributed by atoms with Gasteiger partial charge in [-0.05, 0) is 108 Å². The molecule has 9 aromatic carbocycles. The zero-order valence-corrected chi connectivity index (χ0v) is 27.0. The Morgan fingerprint density at radius 1 is 0.245 bits per heavy atom. The minimum absolute atomic E-state index is 1.11. The molecule has 230 valence electrons. The van der Waals surface area contributed by atoms with Crippen LogP contribution in [0.25, 0.3) is 65.7 Å². The van der Waals surface area contributed by atoms with E-state index in [-0.39, 0.29) is 0 Å². The van der Waals surface area contributed by atoms with Crippen molar-refractivity contribution in [1.82, 2.24) is 0 Å². The summed E-state index contributed by atoms with van der Waals surface area (Å²) in [6.45, 7) is 0. The molecule has 1 heteroatoms. The fourth-order valence-electron chi connectivity index (χ4n) is 7.15. The van der Waals surface area contributed by atoms with Crippen LogP contribution in [0.4, 0.5) is 17.1 Å². The summed E-state index contributed by atoms with van der Waals surface area (Å²) in [5, 5.41) is 7.50. The van der Waals surface area contributed by atoms with Gasteiger partial charge in [-0.1, -0.05) is 158 Å². The molecule has 9 aromatic rings. The van der Waals surface area contributed by atoms with E-state index in [9.17, 15) is 0 Å². The first-order valence-corrected chi connectivity index (χ1v) is 16.8. The molecule has 0 bridgehead atoms. The Morgan fingerprint density at radius 3 is 1.51 bits per heavy atom. The normalized spacial score (nSPS) is 11.3. The molecule has 1 nitrogen and oxygen atoms in total. The van der Waals surface area contributed by atoms with Gasteiger partial charge in [0.2, 0.25) is 0 Å². The van der Waals surface area contributed by atoms with Crippen molar-refractivity contribution in [3.63, 3.8) is 0 Å². The lowest BCUT2D eigenvalue weighted by molar-refractivity contribution is 1.29. The summed E-state index contributed by atoms with van der Waals surface area (Å²) in [5.41, 5.74) is 10.6. The summed E-state index contributed by atoms with van der Waals surface area (Å²) >= 11 is 0. The molecule has 9 rings (SSSR count). The van der Waals surface area contributed by atoms with Crippen LogP contribution < -0.4 is 4.90 Å². The van der Waals surface area contributed by atoms with E-state index < -0.39 is 0 Å². The zero-order chi connectivity index (χ0) is 32.6. The van der Waals surface area contributed by atoms with Crippen molar-refractivity contribution in [3.05, 3.63) is 200 Å². The highest BCUT2D eigenvalue weighted by molar-refractivity contribution is 6.09. The van der Waals surface area contributed by atoms with Gasteiger partial charge >= 0.3 is 0 Å². The van der Waals surface area contributed by atoms with Crippen molar-refractivity contribution in [3.8, 4) is 33.4 Å². The second-order valence-electron chi connectivity index (χ2n) is 12.6. The maximum atomic E-state index is 2.40. The van der Waals surface area contributed by atoms with Crippen molar-refractivity contribution >= 4 is 49.4 Å². The molecule has 0 fully saturated rings. The van der Waals surface area contributed by atoms with Gasteiger partial charge in [-0.25, -0.2) is 0 Å². The summed E-state index contributed by atoms with van der Waals surface area (Å²) in [5.74, 6) is 0. The van der Waals surface area contributed by atoms with Crippen LogP contribution in [0, 0.1) is 0 Å². The van der Waals surface area contributed by atoms with E-state index >= 15 is 0 Å². The van der Waals surface area contributed by atoms with Crippen molar-refractivity contribution in [2.45, 2.75) is 0 Å². The first-order chi connectivity index (χ1) is 24.3. The Labute approximate surface area is 287 Å². The maximum Gasteiger partial charge on any atom is 0.0468 e. The van der Waals surface area contributed by atoms with E-state index in [4.69, 9.17) is 0 Å². The molecule has 0 radical (unpaired) electrons. The van der Waals surface area contributed by atoms with Crippen LogP contribution in [0.3, 0.4) is 0 Å². The first kappa shape index (κ1) is 28.8. The Kier molecular flexibility index (Phi) is 7.22. The number of anilines is 3. The molecule has 0 atom stereocenters. The molecule has 0 aliphatic heterocycles. The van der Waals surface area contributed by atoms with E-state index in [0.717, 1.165) is 17.1 Å². The van der Waals surface area contributed by atoms with Gasteiger partial charge in [0.25, 0.3) is 0 Å². The van der Waals surface area contributed by atoms with E-state index in [0.29, 0.717) is 0 Å². The molecule has 0 unspecified atom stereocenters. The first-order valence-electron chi connectivity index (χ1n) is 16.8. The largest absolute Gasteiger partial charge is 0.310 e. The molecule has 0 aliphatic rings. The van der Waals surface area contributed by atoms with Crippen LogP contribution in [0.1, 0.15) is 0 Å². The monoisotopic (exact) mass is 623 g/mol. The summed E-state index contributed by atoms with van der Waals surface area (Å²) in [4.78, 5) is 2.40. The predicted molar refractivity (Wildman–Crippen MR) is 210 cm³/mol. The highest BCUT2D eigenvalue weighted by Gasteiger charge is 2.17. The molecule has 0 spiro atoms. The highest BCUT2D eigenvalue weighted by Crippen LogP contribution is 2.42. The number of rotatable bonds is 6. The molecule has 0 aromatic heterocycles. The Bertz CT molecular complexity index is 2590. The summed E-state index contributed by atoms with van der Waals surface area (Å²) in [6.07, 6.45) is 0. The van der Waals surface area contributed by atoms with E-state index in [1.165, 1.54) is 65.7 Å². The van der Waals surface area contributed by atoms with Crippen LogP contribution >= 0.6 is 0 Å². The van der Waals surface area contributed by atoms with Crippen molar-refractivity contribution in [1.29, 1.82) is 0 Å². The third kappa shape index (κ3) is 5.42. The molecular formula is C48H33N. The van der Waals surface area contributed by atoms with Gasteiger partial charge in [0.15, 0.2) is 0 Å². The van der Waals surface area contributed by atoms with Crippen LogP contribution in [0.2, 0.25) is 0 Å². The second-order valence-corrected chi connectivity index (χ2v) is 12.6. The number of fused-ring (bicyclic) bond motifs is 4. The molecule has 0 saturated carbocycles. The Morgan fingerprint density at radius 2 is 0.755 bits per heavy atom. The number of hydrogen-bond acceptors (Lipinski definition) is 1. The van der Waals surface area contributed by atoms with Gasteiger partial charge in [0.1, 0.15) is 0 Å². The van der Waals surface area contributed by atoms with Gasteiger partial charge in [0.05, 0.1) is 0 Å². The number of benzene rings is 9. The lowest BCUT2D eigenvalue weighted by atomic mass is 9.93. The fourth-order valence-corrected chi connectivity index (χ4v) is 7.15. The predicted octanol–water partition coefficient (Wildman–Crippen LogP) is 13.6. The van der Waals surface area contributed by atoms with Crippen molar-refractivity contribution in [2.24, 2.45) is 0 Å². The lowest BCUT2D eigenvalue weighted by Gasteiger charge is -2.27. The van der Waals surface area contributed by atoms with Crippen LogP contribution in [-0.2, 0) is 0 Å². The fraction of sp³-hybridized carbons (Fsp3) is 0. The zero-order valence-electron chi connectivity index (χ0n) is 27.0. The number of hydrogen-bond donors (Lipinski definition) is 0. The number of nitrogens with zero attached hydrogens (tertiary/aromatic N) is 1. The van der Waals surface area contributed by atoms with Crippen LogP contribution in [0.5, 0.6) is 0 Å². The van der Waals surface area contributed by atoms with Crippen molar-refractivity contribution < 1.29 is 0 Å². The molecule has 0 saturated heterocycles. The van der Waals surface area contributed by atoms with Gasteiger partial charge in [-0.3, -0.25) is 0 Å². The van der Waals surface area contributed by atoms with Gasteiger partial charge in [-0.2, -0.15) is 0 Å². The topological polar surface area (TPSA) is 3.24 Å². The molecule has 49 heavy (non-hydrogen) atoms. The maximum absolute atomic E-state index is 2.40. The smallest absolute Gasteiger partial charge is 0.0468 e. The van der Waals surface area contributed by atoms with E-state index in [2.05, 4.69) is 205 Å². The molecular weight excluding hydrogens is 591 g/mol. The standard InChI is InChI=1S/C48H33N/c1-3-12-36(13-4-1)46-30-29-44(33-47(46)37-14-5-2-6-15-37)49(43-28-25-39-21-20-38-16-9-10-18-45(38)48(39)32-43)42-26-23-35(24-27-42)41-22-19-34-11-7-8-17-40(34)31-41/h1-33H. The quantitative estimate of drug-likeness (QED) is 0.167. The van der Waals surface area contributed by atoms with Crippen molar-refractivity contribution in [2.75, 3.05) is 4.90 Å². The SMILES string of the molecule is c1ccc(-c2ccc(N(c3ccc(-c4ccc5ccccc5c4)cc3)c3ccc4ccc5ccccc5c4c3)cc2-c2ccccc2)cc1. The third-order valence-electron chi connectivity index (χ3n) is 9.63. The van der Waals surface area contributed by atoms with Gasteiger partial charge in [-0.15, -0.1) is 0 Å². The van der Waals surface area contributed by atoms with E-state index in [1.54, 1.807) is 0 Å². The average molecular weight is 624 g/mol. The minimum Gasteiger partial charge on any atom is -0.310 e. The average Bonchev–Trinajstić information content (AvgIpc) is 3.18. The molecule has 0 heterocycles. The highest BCUT2D eigenvalue weighted by atomic mass is 15.1. The van der Waals surface area contributed by atoms with Gasteiger partial charge in [0, 0.05) is 17.1 Å². The molecule has 0 amide bonds. The summed E-state index contributed by atoms with van der Waals surface area (Å²) < 4.78 is 0. The lowest BCUT2D eigenvalue weighted by Crippen LogP contribution is -2.10. The van der Waals surface area contributed by atoms with E-state index in [1.807, 2.05) is 0 Å². The summed E-state index contributed by atoms with van der Waals surface area (Å²) in [6, 6.07) is 72.5. The second kappa shape index (κ2) is 12.3. The Balaban J connectivity index is 1.23.